The molecule has 1 aromatic rings. The lowest BCUT2D eigenvalue weighted by Crippen LogP contribution is -2.42. The maximum atomic E-state index is 13.0. The van der Waals surface area contributed by atoms with Crippen LogP contribution in [0.5, 0.6) is 0 Å². The lowest BCUT2D eigenvalue weighted by Gasteiger charge is -2.26. The summed E-state index contributed by atoms with van der Waals surface area (Å²) >= 11 is 0. The van der Waals surface area contributed by atoms with E-state index < -0.39 is 0 Å². The predicted molar refractivity (Wildman–Crippen MR) is 96.8 cm³/mol. The molecule has 2 atom stereocenters. The number of hydrogen-bond donors (Lipinski definition) is 2. The monoisotopic (exact) mass is 354 g/mol. The fourth-order valence-corrected chi connectivity index (χ4v) is 3.81. The fraction of sp³-hybridized carbons (Fsp3) is 0.632. The highest BCUT2D eigenvalue weighted by Gasteiger charge is 2.57. The van der Waals surface area contributed by atoms with Gasteiger partial charge in [0.05, 0.1) is 0 Å². The summed E-state index contributed by atoms with van der Waals surface area (Å²) in [5.41, 5.74) is 1.34. The normalized spacial score (nSPS) is 22.8. The zero-order chi connectivity index (χ0) is 16.4. The zero-order valence-electron chi connectivity index (χ0n) is 14.5. The highest BCUT2D eigenvalue weighted by atomic mass is 35.5. The topological polar surface area (TPSA) is 41.1 Å². The molecule has 1 amide bonds. The van der Waals surface area contributed by atoms with Gasteiger partial charge in [0.1, 0.15) is 5.82 Å². The predicted octanol–water partition coefficient (Wildman–Crippen LogP) is 3.32. The summed E-state index contributed by atoms with van der Waals surface area (Å²) in [6.45, 7) is 6.32. The number of benzene rings is 1. The highest BCUT2D eigenvalue weighted by molar-refractivity contribution is 5.85. The molecule has 3 rings (SSSR count). The van der Waals surface area contributed by atoms with Crippen LogP contribution in [0.4, 0.5) is 4.39 Å². The van der Waals surface area contributed by atoms with Crippen LogP contribution in [0.3, 0.4) is 0 Å². The number of nitrogens with one attached hydrogen (secondary N) is 2. The molecule has 2 fully saturated rings. The number of rotatable bonds is 5. The van der Waals surface area contributed by atoms with E-state index in [9.17, 15) is 9.18 Å². The lowest BCUT2D eigenvalue weighted by molar-refractivity contribution is -0.124. The quantitative estimate of drug-likeness (QED) is 0.851. The van der Waals surface area contributed by atoms with Crippen molar-refractivity contribution in [2.45, 2.75) is 45.6 Å². The molecule has 2 aliphatic rings. The molecular formula is C19H28ClFN2O. The van der Waals surface area contributed by atoms with E-state index in [1.165, 1.54) is 12.1 Å². The van der Waals surface area contributed by atoms with Crippen molar-refractivity contribution in [2.24, 2.45) is 17.3 Å². The number of halogens is 2. The Morgan fingerprint density at radius 1 is 1.29 bits per heavy atom. The molecule has 1 spiro atoms. The minimum atomic E-state index is -0.218. The van der Waals surface area contributed by atoms with Crippen molar-refractivity contribution in [3.05, 3.63) is 35.6 Å². The van der Waals surface area contributed by atoms with Gasteiger partial charge >= 0.3 is 0 Å². The molecule has 1 aliphatic carbocycles. The molecule has 1 aliphatic heterocycles. The van der Waals surface area contributed by atoms with E-state index in [2.05, 4.69) is 24.5 Å². The molecule has 1 saturated heterocycles. The highest BCUT2D eigenvalue weighted by Crippen LogP contribution is 2.58. The van der Waals surface area contributed by atoms with Gasteiger partial charge < -0.3 is 10.6 Å². The first-order valence-electron chi connectivity index (χ1n) is 8.76. The Labute approximate surface area is 150 Å². The van der Waals surface area contributed by atoms with Gasteiger partial charge in [0, 0.05) is 12.0 Å². The number of hydrogen-bond acceptors (Lipinski definition) is 2. The number of carbonyl (C=O) groups is 1. The Hall–Kier alpha value is -1.13. The van der Waals surface area contributed by atoms with Gasteiger partial charge in [-0.3, -0.25) is 4.79 Å². The first kappa shape index (κ1) is 19.2. The molecule has 5 heteroatoms. The molecule has 0 bridgehead atoms. The van der Waals surface area contributed by atoms with Gasteiger partial charge in [-0.25, -0.2) is 4.39 Å². The Kier molecular flexibility index (Phi) is 6.27. The first-order chi connectivity index (χ1) is 11.0. The van der Waals surface area contributed by atoms with E-state index in [1.807, 2.05) is 12.1 Å². The van der Waals surface area contributed by atoms with Gasteiger partial charge in [-0.15, -0.1) is 12.4 Å². The van der Waals surface area contributed by atoms with Crippen molar-refractivity contribution < 1.29 is 9.18 Å². The van der Waals surface area contributed by atoms with Gasteiger partial charge in [0.2, 0.25) is 5.91 Å². The fourth-order valence-electron chi connectivity index (χ4n) is 3.81. The van der Waals surface area contributed by atoms with Crippen LogP contribution in [0.25, 0.3) is 0 Å². The van der Waals surface area contributed by atoms with Crippen LogP contribution in [0.15, 0.2) is 24.3 Å². The average Bonchev–Trinajstić information content (AvgIpc) is 3.22. The Bertz CT molecular complexity index is 555. The van der Waals surface area contributed by atoms with Crippen LogP contribution in [0.1, 0.15) is 38.7 Å². The Morgan fingerprint density at radius 2 is 1.92 bits per heavy atom. The van der Waals surface area contributed by atoms with Crippen LogP contribution in [0.2, 0.25) is 0 Å². The summed E-state index contributed by atoms with van der Waals surface area (Å²) in [6.07, 6.45) is 4.04. The number of amides is 1. The maximum absolute atomic E-state index is 13.0. The van der Waals surface area contributed by atoms with Crippen LogP contribution in [-0.4, -0.2) is 25.0 Å². The van der Waals surface area contributed by atoms with Crippen LogP contribution in [-0.2, 0) is 11.2 Å². The zero-order valence-corrected chi connectivity index (χ0v) is 15.3. The van der Waals surface area contributed by atoms with E-state index in [-0.39, 0.29) is 41.5 Å². The van der Waals surface area contributed by atoms with Gasteiger partial charge in [-0.2, -0.15) is 0 Å². The summed E-state index contributed by atoms with van der Waals surface area (Å²) < 4.78 is 13.0. The van der Waals surface area contributed by atoms with Crippen LogP contribution < -0.4 is 10.6 Å². The molecule has 0 aromatic heterocycles. The second-order valence-corrected chi connectivity index (χ2v) is 7.56. The summed E-state index contributed by atoms with van der Waals surface area (Å²) in [5, 5.41) is 6.63. The third kappa shape index (κ3) is 4.28. The maximum Gasteiger partial charge on any atom is 0.223 e. The molecule has 2 unspecified atom stereocenters. The molecule has 1 aromatic carbocycles. The summed E-state index contributed by atoms with van der Waals surface area (Å²) in [6, 6.07) is 6.69. The second kappa shape index (κ2) is 7.83. The first-order valence-corrected chi connectivity index (χ1v) is 8.76. The molecule has 0 radical (unpaired) electrons. The number of piperidine rings is 1. The minimum Gasteiger partial charge on any atom is -0.353 e. The van der Waals surface area contributed by atoms with E-state index in [0.29, 0.717) is 5.92 Å². The van der Waals surface area contributed by atoms with E-state index in [4.69, 9.17) is 0 Å². The molecular weight excluding hydrogens is 327 g/mol. The summed E-state index contributed by atoms with van der Waals surface area (Å²) in [7, 11) is 0. The van der Waals surface area contributed by atoms with E-state index in [0.717, 1.165) is 44.3 Å². The van der Waals surface area contributed by atoms with Crippen molar-refractivity contribution in [3.8, 4) is 0 Å². The lowest BCUT2D eigenvalue weighted by atomic mass is 9.91. The van der Waals surface area contributed by atoms with E-state index >= 15 is 0 Å². The molecule has 2 N–H and O–H groups in total. The minimum absolute atomic E-state index is 0. The van der Waals surface area contributed by atoms with Gasteiger partial charge in [0.25, 0.3) is 0 Å². The smallest absolute Gasteiger partial charge is 0.223 e. The molecule has 134 valence electrons. The molecule has 24 heavy (non-hydrogen) atoms. The summed E-state index contributed by atoms with van der Waals surface area (Å²) in [4.78, 5) is 12.6. The van der Waals surface area contributed by atoms with Gasteiger partial charge in [-0.05, 0) is 67.8 Å². The van der Waals surface area contributed by atoms with Crippen molar-refractivity contribution in [2.75, 3.05) is 13.1 Å². The van der Waals surface area contributed by atoms with Gasteiger partial charge in [0.15, 0.2) is 0 Å². The van der Waals surface area contributed by atoms with Gasteiger partial charge in [-0.1, -0.05) is 26.0 Å². The number of carbonyl (C=O) groups excluding carboxylic acids is 1. The largest absolute Gasteiger partial charge is 0.353 e. The average molecular weight is 355 g/mol. The Morgan fingerprint density at radius 3 is 2.50 bits per heavy atom. The Balaban J connectivity index is 0.00000208. The van der Waals surface area contributed by atoms with Crippen LogP contribution >= 0.6 is 12.4 Å². The second-order valence-electron chi connectivity index (χ2n) is 7.56. The van der Waals surface area contributed by atoms with Crippen LogP contribution in [0, 0.1) is 23.1 Å². The molecule has 1 saturated carbocycles. The van der Waals surface area contributed by atoms with Crippen molar-refractivity contribution in [1.29, 1.82) is 0 Å². The van der Waals surface area contributed by atoms with E-state index in [1.54, 1.807) is 0 Å². The van der Waals surface area contributed by atoms with Crippen molar-refractivity contribution in [1.82, 2.24) is 10.6 Å². The third-order valence-electron chi connectivity index (χ3n) is 5.61. The molecule has 3 nitrogen and oxygen atoms in total. The SMILES string of the molecule is CC(C)C(Cc1ccc(F)cc1)NC(=O)C1CC12CCNCC2.Cl. The van der Waals surface area contributed by atoms with Crippen molar-refractivity contribution >= 4 is 18.3 Å². The summed E-state index contributed by atoms with van der Waals surface area (Å²) in [5.74, 6) is 0.545. The molecule has 1 heterocycles. The standard InChI is InChI=1S/C19H27FN2O.ClH/c1-13(2)17(11-14-3-5-15(20)6-4-14)22-18(23)16-12-19(16)7-9-21-10-8-19;/h3-6,13,16-17,21H,7-12H2,1-2H3,(H,22,23);1H. The van der Waals surface area contributed by atoms with Crippen molar-refractivity contribution in [3.63, 3.8) is 0 Å². The third-order valence-corrected chi connectivity index (χ3v) is 5.61.